The first-order valence-electron chi connectivity index (χ1n) is 8.09. The summed E-state index contributed by atoms with van der Waals surface area (Å²) in [5, 5.41) is 3.26. The van der Waals surface area contributed by atoms with Gasteiger partial charge >= 0.3 is 0 Å². The number of nitrogens with one attached hydrogen (secondary N) is 1. The highest BCUT2D eigenvalue weighted by Gasteiger charge is 2.24. The fourth-order valence-corrected chi connectivity index (χ4v) is 3.19. The van der Waals surface area contributed by atoms with Crippen LogP contribution in [0.15, 0.2) is 45.3 Å². The first kappa shape index (κ1) is 19.8. The number of nitrogens with zero attached hydrogens (tertiary/aromatic N) is 1. The number of piperidine rings is 1. The number of hydrogen-bond acceptors (Lipinski definition) is 4. The summed E-state index contributed by atoms with van der Waals surface area (Å²) in [7, 11) is 1.96. The second-order valence-electron chi connectivity index (χ2n) is 5.87. The normalized spacial score (nSPS) is 14.9. The minimum atomic E-state index is -0.0433. The van der Waals surface area contributed by atoms with Gasteiger partial charge in [-0.15, -0.1) is 12.4 Å². The van der Waals surface area contributed by atoms with Gasteiger partial charge in [0, 0.05) is 23.6 Å². The monoisotopic (exact) mass is 428 g/mol. The van der Waals surface area contributed by atoms with Gasteiger partial charge in [0.15, 0.2) is 5.76 Å². The number of benzene rings is 1. The van der Waals surface area contributed by atoms with E-state index in [1.807, 2.05) is 36.2 Å². The van der Waals surface area contributed by atoms with Crippen molar-refractivity contribution in [2.45, 2.75) is 25.5 Å². The van der Waals surface area contributed by atoms with Gasteiger partial charge in [-0.25, -0.2) is 0 Å². The van der Waals surface area contributed by atoms with E-state index in [2.05, 4.69) is 21.2 Å². The van der Waals surface area contributed by atoms with Crippen molar-refractivity contribution in [2.75, 3.05) is 20.1 Å². The van der Waals surface area contributed by atoms with E-state index in [4.69, 9.17) is 9.15 Å². The van der Waals surface area contributed by atoms with Crippen molar-refractivity contribution < 1.29 is 13.9 Å². The fourth-order valence-electron chi connectivity index (χ4n) is 2.81. The molecule has 3 rings (SSSR count). The number of halogens is 2. The lowest BCUT2D eigenvalue weighted by atomic mass is 10.1. The average Bonchev–Trinajstić information content (AvgIpc) is 3.08. The first-order chi connectivity index (χ1) is 11.7. The molecule has 0 atom stereocenters. The smallest absolute Gasteiger partial charge is 0.289 e. The van der Waals surface area contributed by atoms with Gasteiger partial charge in [0.1, 0.15) is 18.1 Å². The van der Waals surface area contributed by atoms with Crippen LogP contribution in [0.25, 0.3) is 0 Å². The van der Waals surface area contributed by atoms with E-state index in [0.717, 1.165) is 36.2 Å². The van der Waals surface area contributed by atoms with Crippen molar-refractivity contribution in [1.82, 2.24) is 10.2 Å². The molecule has 1 aromatic carbocycles. The number of carbonyl (C=O) groups is 1. The van der Waals surface area contributed by atoms with E-state index in [1.165, 1.54) is 0 Å². The topological polar surface area (TPSA) is 54.7 Å². The standard InChI is InChI=1S/C18H21BrN2O3.ClH/c1-20-14-7-9-21(10-8-14)18(22)17-6-5-16(24-17)12-23-15-4-2-3-13(19)11-15;/h2-6,11,14,20H,7-10,12H2,1H3;1H. The maximum absolute atomic E-state index is 12.5. The van der Waals surface area contributed by atoms with Crippen LogP contribution < -0.4 is 10.1 Å². The van der Waals surface area contributed by atoms with E-state index in [9.17, 15) is 4.79 Å². The zero-order valence-electron chi connectivity index (χ0n) is 14.0. The maximum atomic E-state index is 12.5. The summed E-state index contributed by atoms with van der Waals surface area (Å²) in [5.41, 5.74) is 0. The summed E-state index contributed by atoms with van der Waals surface area (Å²) in [5.74, 6) is 1.73. The largest absolute Gasteiger partial charge is 0.486 e. The van der Waals surface area contributed by atoms with E-state index in [0.29, 0.717) is 24.2 Å². The highest BCUT2D eigenvalue weighted by Crippen LogP contribution is 2.20. The Balaban J connectivity index is 0.00000225. The zero-order valence-corrected chi connectivity index (χ0v) is 16.4. The van der Waals surface area contributed by atoms with Crippen LogP contribution in [-0.2, 0) is 6.61 Å². The van der Waals surface area contributed by atoms with Crippen molar-refractivity contribution in [3.05, 3.63) is 52.4 Å². The number of likely N-dealkylation sites (tertiary alicyclic amines) is 1. The third kappa shape index (κ3) is 5.23. The SMILES string of the molecule is CNC1CCN(C(=O)c2ccc(COc3cccc(Br)c3)o2)CC1.Cl. The molecule has 2 aromatic rings. The maximum Gasteiger partial charge on any atom is 0.289 e. The summed E-state index contributed by atoms with van der Waals surface area (Å²) in [6, 6.07) is 11.6. The molecule has 0 spiro atoms. The number of carbonyl (C=O) groups excluding carboxylic acids is 1. The molecule has 2 heterocycles. The summed E-state index contributed by atoms with van der Waals surface area (Å²) >= 11 is 3.41. The molecule has 5 nitrogen and oxygen atoms in total. The van der Waals surface area contributed by atoms with Crippen molar-refractivity contribution in [3.63, 3.8) is 0 Å². The molecule has 1 saturated heterocycles. The Morgan fingerprint density at radius 2 is 2.08 bits per heavy atom. The van der Waals surface area contributed by atoms with Gasteiger partial charge in [-0.1, -0.05) is 22.0 Å². The van der Waals surface area contributed by atoms with E-state index in [-0.39, 0.29) is 18.3 Å². The molecule has 0 radical (unpaired) electrons. The lowest BCUT2D eigenvalue weighted by molar-refractivity contribution is 0.0671. The van der Waals surface area contributed by atoms with Crippen LogP contribution in [0.5, 0.6) is 5.75 Å². The molecular formula is C18H22BrClN2O3. The molecule has 1 fully saturated rings. The third-order valence-electron chi connectivity index (χ3n) is 4.24. The number of amides is 1. The Labute approximate surface area is 162 Å². The van der Waals surface area contributed by atoms with E-state index >= 15 is 0 Å². The molecule has 1 N–H and O–H groups in total. The Kier molecular flexibility index (Phi) is 7.35. The van der Waals surface area contributed by atoms with Crippen molar-refractivity contribution >= 4 is 34.2 Å². The van der Waals surface area contributed by atoms with Crippen LogP contribution in [0.1, 0.15) is 29.2 Å². The van der Waals surface area contributed by atoms with Crippen LogP contribution >= 0.6 is 28.3 Å². The van der Waals surface area contributed by atoms with Gasteiger partial charge in [0.25, 0.3) is 5.91 Å². The molecule has 1 aliphatic rings. The molecular weight excluding hydrogens is 408 g/mol. The average molecular weight is 430 g/mol. The highest BCUT2D eigenvalue weighted by molar-refractivity contribution is 9.10. The second kappa shape index (κ2) is 9.27. The predicted octanol–water partition coefficient (Wildman–Crippen LogP) is 3.87. The van der Waals surface area contributed by atoms with Crippen LogP contribution in [0, 0.1) is 0 Å². The quantitative estimate of drug-likeness (QED) is 0.784. The van der Waals surface area contributed by atoms with Crippen molar-refractivity contribution in [1.29, 1.82) is 0 Å². The fraction of sp³-hybridized carbons (Fsp3) is 0.389. The number of rotatable bonds is 5. The Hall–Kier alpha value is -1.50. The summed E-state index contributed by atoms with van der Waals surface area (Å²) < 4.78 is 12.3. The Bertz CT molecular complexity index is 699. The summed E-state index contributed by atoms with van der Waals surface area (Å²) in [6.07, 6.45) is 1.95. The van der Waals surface area contributed by atoms with E-state index in [1.54, 1.807) is 12.1 Å². The van der Waals surface area contributed by atoms with Gasteiger partial charge in [-0.3, -0.25) is 4.79 Å². The lowest BCUT2D eigenvalue weighted by Crippen LogP contribution is -2.43. The van der Waals surface area contributed by atoms with Crippen LogP contribution in [0.4, 0.5) is 0 Å². The molecule has 25 heavy (non-hydrogen) atoms. The van der Waals surface area contributed by atoms with Gasteiger partial charge in [-0.05, 0) is 50.2 Å². The Morgan fingerprint density at radius 1 is 1.32 bits per heavy atom. The molecule has 7 heteroatoms. The van der Waals surface area contributed by atoms with E-state index < -0.39 is 0 Å². The molecule has 1 aliphatic heterocycles. The van der Waals surface area contributed by atoms with Crippen LogP contribution in [0.2, 0.25) is 0 Å². The summed E-state index contributed by atoms with van der Waals surface area (Å²) in [6.45, 7) is 1.81. The predicted molar refractivity (Wildman–Crippen MR) is 102 cm³/mol. The van der Waals surface area contributed by atoms with Crippen LogP contribution in [0.3, 0.4) is 0 Å². The summed E-state index contributed by atoms with van der Waals surface area (Å²) in [4.78, 5) is 14.3. The molecule has 136 valence electrons. The second-order valence-corrected chi connectivity index (χ2v) is 6.78. The highest BCUT2D eigenvalue weighted by atomic mass is 79.9. The van der Waals surface area contributed by atoms with Gasteiger partial charge in [0.05, 0.1) is 0 Å². The lowest BCUT2D eigenvalue weighted by Gasteiger charge is -2.31. The van der Waals surface area contributed by atoms with Crippen molar-refractivity contribution in [3.8, 4) is 5.75 Å². The molecule has 0 aliphatic carbocycles. The minimum absolute atomic E-state index is 0. The molecule has 0 bridgehead atoms. The van der Waals surface area contributed by atoms with Gasteiger partial charge < -0.3 is 19.4 Å². The Morgan fingerprint density at radius 3 is 2.76 bits per heavy atom. The molecule has 0 saturated carbocycles. The molecule has 0 unspecified atom stereocenters. The molecule has 1 amide bonds. The van der Waals surface area contributed by atoms with Gasteiger partial charge in [0.2, 0.25) is 0 Å². The first-order valence-corrected chi connectivity index (χ1v) is 8.88. The van der Waals surface area contributed by atoms with Crippen molar-refractivity contribution in [2.24, 2.45) is 0 Å². The van der Waals surface area contributed by atoms with Crippen LogP contribution in [-0.4, -0.2) is 37.0 Å². The minimum Gasteiger partial charge on any atom is -0.486 e. The number of furan rings is 1. The molecule has 1 aromatic heterocycles. The number of ether oxygens (including phenoxy) is 1. The number of hydrogen-bond donors (Lipinski definition) is 1. The van der Waals surface area contributed by atoms with Gasteiger partial charge in [-0.2, -0.15) is 0 Å². The third-order valence-corrected chi connectivity index (χ3v) is 4.73. The zero-order chi connectivity index (χ0) is 16.9.